The average molecular weight is 337 g/mol. The Kier molecular flexibility index (Phi) is 3.89. The van der Waals surface area contributed by atoms with Crippen LogP contribution in [0.15, 0.2) is 24.4 Å². The maximum absolute atomic E-state index is 13.2. The summed E-state index contributed by atoms with van der Waals surface area (Å²) in [5, 5.41) is 7.86. The van der Waals surface area contributed by atoms with Crippen molar-refractivity contribution in [1.82, 2.24) is 19.9 Å². The van der Waals surface area contributed by atoms with E-state index in [1.165, 1.54) is 27.8 Å². The Morgan fingerprint density at radius 2 is 1.87 bits per heavy atom. The molecule has 1 aromatic heterocycles. The van der Waals surface area contributed by atoms with Gasteiger partial charge in [0.05, 0.1) is 23.5 Å². The van der Waals surface area contributed by atoms with Crippen LogP contribution in [0.1, 0.15) is 19.5 Å². The van der Waals surface area contributed by atoms with Gasteiger partial charge in [-0.2, -0.15) is 0 Å². The molecule has 1 saturated heterocycles. The summed E-state index contributed by atoms with van der Waals surface area (Å²) in [7, 11) is 0. The number of halogens is 2. The summed E-state index contributed by atoms with van der Waals surface area (Å²) in [5.41, 5.74) is 1.00. The van der Waals surface area contributed by atoms with Gasteiger partial charge in [0.25, 0.3) is 0 Å². The van der Waals surface area contributed by atoms with Crippen LogP contribution in [0.2, 0.25) is 5.02 Å². The van der Waals surface area contributed by atoms with E-state index < -0.39 is 5.82 Å². The van der Waals surface area contributed by atoms with Crippen molar-refractivity contribution in [1.29, 1.82) is 0 Å². The van der Waals surface area contributed by atoms with Crippen molar-refractivity contribution in [2.45, 2.75) is 20.4 Å². The third kappa shape index (κ3) is 2.72. The predicted molar refractivity (Wildman–Crippen MR) is 80.2 cm³/mol. The molecule has 6 nitrogen and oxygen atoms in total. The third-order valence-electron chi connectivity index (χ3n) is 4.09. The predicted octanol–water partition coefficient (Wildman–Crippen LogP) is 2.20. The summed E-state index contributed by atoms with van der Waals surface area (Å²) in [6.45, 7) is 3.55. The minimum Gasteiger partial charge on any atom is -0.276 e. The zero-order valence-corrected chi connectivity index (χ0v) is 13.3. The number of imide groups is 1. The highest BCUT2D eigenvalue weighted by Gasteiger charge is 2.42. The van der Waals surface area contributed by atoms with Gasteiger partial charge in [-0.05, 0) is 18.2 Å². The number of hydrogen-bond donors (Lipinski definition) is 0. The van der Waals surface area contributed by atoms with Gasteiger partial charge in [0.1, 0.15) is 11.5 Å². The Bertz CT molecular complexity index is 772. The van der Waals surface area contributed by atoms with Crippen LogP contribution in [0.5, 0.6) is 0 Å². The minimum atomic E-state index is -0.521. The first-order valence-corrected chi connectivity index (χ1v) is 7.48. The molecule has 0 aliphatic carbocycles. The van der Waals surface area contributed by atoms with Gasteiger partial charge in [-0.15, -0.1) is 5.10 Å². The lowest BCUT2D eigenvalue weighted by Crippen LogP contribution is -2.30. The van der Waals surface area contributed by atoms with Crippen molar-refractivity contribution in [2.24, 2.45) is 11.8 Å². The molecule has 0 N–H and O–H groups in total. The molecule has 2 heterocycles. The molecule has 0 radical (unpaired) electrons. The lowest BCUT2D eigenvalue weighted by atomic mass is 10.00. The number of aromatic nitrogens is 3. The highest BCUT2D eigenvalue weighted by molar-refractivity contribution is 6.30. The largest absolute Gasteiger partial charge is 0.276 e. The van der Waals surface area contributed by atoms with Crippen molar-refractivity contribution in [3.8, 4) is 5.69 Å². The topological polar surface area (TPSA) is 68.1 Å². The van der Waals surface area contributed by atoms with Crippen LogP contribution < -0.4 is 0 Å². The molecule has 0 unspecified atom stereocenters. The smallest absolute Gasteiger partial charge is 0.233 e. The molecule has 1 fully saturated rings. The number of carbonyl (C=O) groups is 2. The highest BCUT2D eigenvalue weighted by atomic mass is 35.5. The lowest BCUT2D eigenvalue weighted by molar-refractivity contribution is -0.140. The fraction of sp³-hybridized carbons (Fsp3) is 0.333. The van der Waals surface area contributed by atoms with Crippen molar-refractivity contribution in [2.75, 3.05) is 0 Å². The van der Waals surface area contributed by atoms with Crippen molar-refractivity contribution in [3.05, 3.63) is 40.9 Å². The monoisotopic (exact) mass is 336 g/mol. The van der Waals surface area contributed by atoms with E-state index in [9.17, 15) is 14.0 Å². The fourth-order valence-corrected chi connectivity index (χ4v) is 2.65. The van der Waals surface area contributed by atoms with Gasteiger partial charge in [-0.3, -0.25) is 14.5 Å². The van der Waals surface area contributed by atoms with Crippen molar-refractivity contribution >= 4 is 23.4 Å². The number of hydrogen-bond acceptors (Lipinski definition) is 4. The van der Waals surface area contributed by atoms with Crippen molar-refractivity contribution < 1.29 is 14.0 Å². The molecule has 3 rings (SSSR count). The van der Waals surface area contributed by atoms with Crippen LogP contribution in [-0.2, 0) is 16.1 Å². The molecule has 2 aromatic rings. The molecular formula is C15H14ClFN4O2. The summed E-state index contributed by atoms with van der Waals surface area (Å²) in [5.74, 6) is -1.59. The van der Waals surface area contributed by atoms with Gasteiger partial charge < -0.3 is 0 Å². The van der Waals surface area contributed by atoms with Gasteiger partial charge in [0, 0.05) is 11.8 Å². The van der Waals surface area contributed by atoms with Crippen molar-refractivity contribution in [3.63, 3.8) is 0 Å². The Balaban J connectivity index is 1.81. The van der Waals surface area contributed by atoms with Crippen LogP contribution in [0, 0.1) is 17.7 Å². The van der Waals surface area contributed by atoms with Gasteiger partial charge in [-0.25, -0.2) is 9.07 Å². The first-order chi connectivity index (χ1) is 10.9. The van der Waals surface area contributed by atoms with Crippen LogP contribution in [0.25, 0.3) is 5.69 Å². The standard InChI is InChI=1S/C15H14ClFN4O2/c1-8-9(2)15(23)20(14(8)22)6-10-7-21(19-18-10)11-3-4-13(17)12(16)5-11/h3-5,7-9H,6H2,1-2H3/t8-,9-/m0/s1. The molecule has 2 amide bonds. The molecule has 0 bridgehead atoms. The molecule has 2 atom stereocenters. The Hall–Kier alpha value is -2.28. The molecule has 1 aromatic carbocycles. The Labute approximate surface area is 136 Å². The average Bonchev–Trinajstić information content (AvgIpc) is 3.06. The van der Waals surface area contributed by atoms with Gasteiger partial charge in [0.15, 0.2) is 0 Å². The molecule has 23 heavy (non-hydrogen) atoms. The van der Waals surface area contributed by atoms with E-state index in [-0.39, 0.29) is 35.2 Å². The second-order valence-electron chi connectivity index (χ2n) is 5.59. The zero-order valence-electron chi connectivity index (χ0n) is 12.5. The maximum atomic E-state index is 13.2. The number of carbonyl (C=O) groups excluding carboxylic acids is 2. The summed E-state index contributed by atoms with van der Waals surface area (Å²) in [4.78, 5) is 25.4. The Morgan fingerprint density at radius 1 is 1.22 bits per heavy atom. The van der Waals surface area contributed by atoms with E-state index in [0.717, 1.165) is 0 Å². The van der Waals surface area contributed by atoms with E-state index in [1.807, 2.05) is 0 Å². The van der Waals surface area contributed by atoms with Crippen LogP contribution in [0.3, 0.4) is 0 Å². The molecular weight excluding hydrogens is 323 g/mol. The normalized spacial score (nSPS) is 21.3. The summed E-state index contributed by atoms with van der Waals surface area (Å²) in [6.07, 6.45) is 1.58. The maximum Gasteiger partial charge on any atom is 0.233 e. The lowest BCUT2D eigenvalue weighted by Gasteiger charge is -2.11. The number of nitrogens with zero attached hydrogens (tertiary/aromatic N) is 4. The summed E-state index contributed by atoms with van der Waals surface area (Å²) < 4.78 is 14.6. The van der Waals surface area contributed by atoms with Crippen LogP contribution in [-0.4, -0.2) is 31.7 Å². The van der Waals surface area contributed by atoms with Crippen LogP contribution in [0.4, 0.5) is 4.39 Å². The number of rotatable bonds is 3. The van der Waals surface area contributed by atoms with Gasteiger partial charge in [-0.1, -0.05) is 30.7 Å². The van der Waals surface area contributed by atoms with E-state index in [0.29, 0.717) is 11.4 Å². The highest BCUT2D eigenvalue weighted by Crippen LogP contribution is 2.26. The minimum absolute atomic E-state index is 0.0212. The molecule has 1 aliphatic heterocycles. The SMILES string of the molecule is C[C@@H]1C(=O)N(Cc2cn(-c3ccc(F)c(Cl)c3)nn2)C(=O)[C@H]1C. The molecule has 120 valence electrons. The molecule has 1 aliphatic rings. The second kappa shape index (κ2) is 5.73. The summed E-state index contributed by atoms with van der Waals surface area (Å²) >= 11 is 5.74. The quantitative estimate of drug-likeness (QED) is 0.806. The van der Waals surface area contributed by atoms with E-state index >= 15 is 0 Å². The number of likely N-dealkylation sites (tertiary alicyclic amines) is 1. The van der Waals surface area contributed by atoms with Crippen LogP contribution >= 0.6 is 11.6 Å². The van der Waals surface area contributed by atoms with E-state index in [1.54, 1.807) is 20.0 Å². The number of amides is 2. The third-order valence-corrected chi connectivity index (χ3v) is 4.38. The van der Waals surface area contributed by atoms with E-state index in [2.05, 4.69) is 10.3 Å². The second-order valence-corrected chi connectivity index (χ2v) is 6.00. The fourth-order valence-electron chi connectivity index (χ4n) is 2.47. The number of benzene rings is 1. The van der Waals surface area contributed by atoms with E-state index in [4.69, 9.17) is 11.6 Å². The first kappa shape index (κ1) is 15.6. The Morgan fingerprint density at radius 3 is 2.48 bits per heavy atom. The summed E-state index contributed by atoms with van der Waals surface area (Å²) in [6, 6.07) is 4.16. The molecule has 0 saturated carbocycles. The molecule has 8 heteroatoms. The molecule has 0 spiro atoms. The van der Waals surface area contributed by atoms with Gasteiger partial charge in [0.2, 0.25) is 11.8 Å². The first-order valence-electron chi connectivity index (χ1n) is 7.10. The zero-order chi connectivity index (χ0) is 16.7. The van der Waals surface area contributed by atoms with Gasteiger partial charge >= 0.3 is 0 Å².